The van der Waals surface area contributed by atoms with Gasteiger partial charge in [-0.1, -0.05) is 59.8 Å². The van der Waals surface area contributed by atoms with Crippen LogP contribution in [0, 0.1) is 0 Å². The summed E-state index contributed by atoms with van der Waals surface area (Å²) < 4.78 is 7.55. The van der Waals surface area contributed by atoms with Gasteiger partial charge in [0.25, 0.3) is 0 Å². The van der Waals surface area contributed by atoms with Crippen molar-refractivity contribution in [3.63, 3.8) is 0 Å². The zero-order valence-electron chi connectivity index (χ0n) is 14.1. The average molecular weight is 339 g/mol. The van der Waals surface area contributed by atoms with Crippen LogP contribution >= 0.6 is 0 Å². The van der Waals surface area contributed by atoms with Crippen molar-refractivity contribution in [1.82, 2.24) is 15.0 Å². The molecular weight excluding hydrogens is 322 g/mol. The standard InChI is InChI=1S/C22H17N3O/c1-3-7-18(8-4-1)11-12-19-17-25(24-23-19)20-13-15-22(16-14-20)26-21-9-5-2-6-10-21/h1-17H/b12-11+. The van der Waals surface area contributed by atoms with E-state index in [1.54, 1.807) is 4.68 Å². The minimum absolute atomic E-state index is 0.782. The molecule has 0 N–H and O–H groups in total. The first-order chi connectivity index (χ1) is 12.9. The van der Waals surface area contributed by atoms with Gasteiger partial charge in [0.2, 0.25) is 0 Å². The molecule has 4 nitrogen and oxygen atoms in total. The third kappa shape index (κ3) is 3.87. The van der Waals surface area contributed by atoms with E-state index in [9.17, 15) is 0 Å². The van der Waals surface area contributed by atoms with Crippen molar-refractivity contribution in [3.05, 3.63) is 102 Å². The highest BCUT2D eigenvalue weighted by Crippen LogP contribution is 2.22. The summed E-state index contributed by atoms with van der Waals surface area (Å²) in [6.07, 6.45) is 5.86. The minimum Gasteiger partial charge on any atom is -0.457 e. The fourth-order valence-electron chi connectivity index (χ4n) is 2.52. The lowest BCUT2D eigenvalue weighted by atomic mass is 10.2. The van der Waals surface area contributed by atoms with Crippen LogP contribution in [0.25, 0.3) is 17.8 Å². The van der Waals surface area contributed by atoms with E-state index in [1.165, 1.54) is 0 Å². The number of nitrogens with zero attached hydrogens (tertiary/aromatic N) is 3. The van der Waals surface area contributed by atoms with Gasteiger partial charge in [-0.05, 0) is 48.0 Å². The molecular formula is C22H17N3O. The van der Waals surface area contributed by atoms with E-state index in [4.69, 9.17) is 4.74 Å². The van der Waals surface area contributed by atoms with Crippen LogP contribution in [0.5, 0.6) is 11.5 Å². The molecule has 0 spiro atoms. The number of aromatic nitrogens is 3. The summed E-state index contributed by atoms with van der Waals surface area (Å²) >= 11 is 0. The van der Waals surface area contributed by atoms with Gasteiger partial charge < -0.3 is 4.74 Å². The number of hydrogen-bond donors (Lipinski definition) is 0. The fraction of sp³-hybridized carbons (Fsp3) is 0. The SMILES string of the molecule is C(=C\c1cn(-c2ccc(Oc3ccccc3)cc2)nn1)/c1ccccc1. The number of para-hydroxylation sites is 1. The van der Waals surface area contributed by atoms with Crippen molar-refractivity contribution in [2.24, 2.45) is 0 Å². The van der Waals surface area contributed by atoms with Crippen LogP contribution in [0.3, 0.4) is 0 Å². The van der Waals surface area contributed by atoms with Crippen LogP contribution in [-0.4, -0.2) is 15.0 Å². The number of benzene rings is 3. The van der Waals surface area contributed by atoms with Crippen molar-refractivity contribution in [3.8, 4) is 17.2 Å². The molecule has 0 aliphatic heterocycles. The van der Waals surface area contributed by atoms with Gasteiger partial charge in [0.05, 0.1) is 11.9 Å². The lowest BCUT2D eigenvalue weighted by Crippen LogP contribution is -1.94. The molecule has 0 saturated heterocycles. The van der Waals surface area contributed by atoms with Gasteiger partial charge in [0.1, 0.15) is 17.2 Å². The predicted octanol–water partition coefficient (Wildman–Crippen LogP) is 5.23. The largest absolute Gasteiger partial charge is 0.457 e. The Hall–Kier alpha value is -3.66. The Labute approximate surface area is 152 Å². The summed E-state index contributed by atoms with van der Waals surface area (Å²) in [6.45, 7) is 0. The monoisotopic (exact) mass is 339 g/mol. The molecule has 126 valence electrons. The van der Waals surface area contributed by atoms with Crippen LogP contribution in [0.4, 0.5) is 0 Å². The van der Waals surface area contributed by atoms with Crippen LogP contribution in [0.2, 0.25) is 0 Å². The van der Waals surface area contributed by atoms with Crippen LogP contribution in [0.1, 0.15) is 11.3 Å². The van der Waals surface area contributed by atoms with E-state index in [0.29, 0.717) is 0 Å². The van der Waals surface area contributed by atoms with Crippen LogP contribution in [-0.2, 0) is 0 Å². The summed E-state index contributed by atoms with van der Waals surface area (Å²) in [4.78, 5) is 0. The maximum absolute atomic E-state index is 5.81. The lowest BCUT2D eigenvalue weighted by molar-refractivity contribution is 0.482. The molecule has 0 fully saturated rings. The highest BCUT2D eigenvalue weighted by Gasteiger charge is 2.02. The molecule has 0 saturated carbocycles. The summed E-state index contributed by atoms with van der Waals surface area (Å²) in [5, 5.41) is 8.38. The first-order valence-electron chi connectivity index (χ1n) is 8.36. The van der Waals surface area contributed by atoms with E-state index >= 15 is 0 Å². The second-order valence-electron chi connectivity index (χ2n) is 5.74. The number of hydrogen-bond acceptors (Lipinski definition) is 3. The fourth-order valence-corrected chi connectivity index (χ4v) is 2.52. The molecule has 3 aromatic carbocycles. The maximum Gasteiger partial charge on any atom is 0.127 e. The zero-order chi connectivity index (χ0) is 17.6. The Kier molecular flexibility index (Phi) is 4.56. The second-order valence-corrected chi connectivity index (χ2v) is 5.74. The molecule has 4 aromatic rings. The zero-order valence-corrected chi connectivity index (χ0v) is 14.1. The molecule has 0 aliphatic carbocycles. The van der Waals surface area contributed by atoms with Crippen molar-refractivity contribution >= 4 is 12.2 Å². The van der Waals surface area contributed by atoms with Crippen LogP contribution < -0.4 is 4.74 Å². The highest BCUT2D eigenvalue weighted by molar-refractivity contribution is 5.67. The van der Waals surface area contributed by atoms with E-state index < -0.39 is 0 Å². The van der Waals surface area contributed by atoms with Gasteiger partial charge in [-0.15, -0.1) is 5.10 Å². The Bertz CT molecular complexity index is 991. The summed E-state index contributed by atoms with van der Waals surface area (Å²) in [5.74, 6) is 1.60. The molecule has 0 aliphatic rings. The normalized spacial score (nSPS) is 10.9. The number of rotatable bonds is 5. The second kappa shape index (κ2) is 7.49. The summed E-state index contributed by atoms with van der Waals surface area (Å²) in [7, 11) is 0. The number of ether oxygens (including phenoxy) is 1. The third-order valence-electron chi connectivity index (χ3n) is 3.84. The molecule has 0 radical (unpaired) electrons. The molecule has 1 aromatic heterocycles. The van der Waals surface area contributed by atoms with Crippen molar-refractivity contribution in [1.29, 1.82) is 0 Å². The Morgan fingerprint density at radius 3 is 2.08 bits per heavy atom. The lowest BCUT2D eigenvalue weighted by Gasteiger charge is -2.06. The topological polar surface area (TPSA) is 39.9 Å². The van der Waals surface area contributed by atoms with E-state index in [-0.39, 0.29) is 0 Å². The predicted molar refractivity (Wildman–Crippen MR) is 103 cm³/mol. The molecule has 0 unspecified atom stereocenters. The van der Waals surface area contributed by atoms with E-state index in [2.05, 4.69) is 10.3 Å². The van der Waals surface area contributed by atoms with Crippen molar-refractivity contribution < 1.29 is 4.74 Å². The van der Waals surface area contributed by atoms with E-state index in [0.717, 1.165) is 28.4 Å². The molecule has 0 atom stereocenters. The minimum atomic E-state index is 0.782. The molecule has 4 rings (SSSR count). The van der Waals surface area contributed by atoms with Gasteiger partial charge in [0, 0.05) is 0 Å². The van der Waals surface area contributed by atoms with Gasteiger partial charge in [-0.25, -0.2) is 4.68 Å². The highest BCUT2D eigenvalue weighted by atomic mass is 16.5. The Balaban J connectivity index is 1.46. The summed E-state index contributed by atoms with van der Waals surface area (Å²) in [5.41, 5.74) is 2.86. The summed E-state index contributed by atoms with van der Waals surface area (Å²) in [6, 6.07) is 27.6. The smallest absolute Gasteiger partial charge is 0.127 e. The average Bonchev–Trinajstić information content (AvgIpc) is 3.18. The quantitative estimate of drug-likeness (QED) is 0.500. The van der Waals surface area contributed by atoms with Gasteiger partial charge in [-0.2, -0.15) is 0 Å². The van der Waals surface area contributed by atoms with Gasteiger partial charge in [-0.3, -0.25) is 0 Å². The Morgan fingerprint density at radius 2 is 1.35 bits per heavy atom. The van der Waals surface area contributed by atoms with Gasteiger partial charge in [0.15, 0.2) is 0 Å². The molecule has 0 bridgehead atoms. The Morgan fingerprint density at radius 1 is 0.692 bits per heavy atom. The maximum atomic E-state index is 5.81. The third-order valence-corrected chi connectivity index (χ3v) is 3.84. The molecule has 26 heavy (non-hydrogen) atoms. The van der Waals surface area contributed by atoms with Crippen LogP contribution in [0.15, 0.2) is 91.1 Å². The first-order valence-corrected chi connectivity index (χ1v) is 8.36. The van der Waals surface area contributed by atoms with Crippen molar-refractivity contribution in [2.75, 3.05) is 0 Å². The molecule has 1 heterocycles. The first kappa shape index (κ1) is 15.8. The molecule has 4 heteroatoms. The van der Waals surface area contributed by atoms with Crippen molar-refractivity contribution in [2.45, 2.75) is 0 Å². The molecule has 0 amide bonds. The van der Waals surface area contributed by atoms with E-state index in [1.807, 2.05) is 103 Å². The van der Waals surface area contributed by atoms with Gasteiger partial charge >= 0.3 is 0 Å².